The van der Waals surface area contributed by atoms with Crippen molar-refractivity contribution >= 4 is 0 Å². The first-order chi connectivity index (χ1) is 5.02. The predicted molar refractivity (Wildman–Crippen MR) is 34.1 cm³/mol. The number of halogens is 3. The molecule has 2 rings (SSSR count). The maximum absolute atomic E-state index is 12.0. The summed E-state index contributed by atoms with van der Waals surface area (Å²) in [5.74, 6) is 0.309. The summed E-state index contributed by atoms with van der Waals surface area (Å²) in [5.41, 5.74) is -0.391. The lowest BCUT2D eigenvalue weighted by atomic mass is 10.0. The molecule has 64 valence electrons. The monoisotopic (exact) mass is 165 g/mol. The van der Waals surface area contributed by atoms with E-state index in [0.29, 0.717) is 12.5 Å². The Balaban J connectivity index is 1.97. The predicted octanol–water partition coefficient (Wildman–Crippen LogP) is 1.55. The Morgan fingerprint density at radius 2 is 2.18 bits per heavy atom. The van der Waals surface area contributed by atoms with E-state index < -0.39 is 18.0 Å². The molecule has 2 atom stereocenters. The van der Waals surface area contributed by atoms with Crippen LogP contribution in [0.3, 0.4) is 0 Å². The van der Waals surface area contributed by atoms with E-state index in [-0.39, 0.29) is 0 Å². The Bertz CT molecular complexity index is 177. The molecule has 1 N–H and O–H groups in total. The summed E-state index contributed by atoms with van der Waals surface area (Å²) in [4.78, 5) is 0. The zero-order chi connectivity index (χ0) is 8.11. The van der Waals surface area contributed by atoms with Gasteiger partial charge in [-0.15, -0.1) is 0 Å². The highest BCUT2D eigenvalue weighted by molar-refractivity contribution is 5.09. The Morgan fingerprint density at radius 3 is 2.55 bits per heavy atom. The molecule has 2 aliphatic rings. The molecule has 1 heterocycles. The van der Waals surface area contributed by atoms with Gasteiger partial charge in [0.2, 0.25) is 0 Å². The Labute approximate surface area is 63.0 Å². The van der Waals surface area contributed by atoms with E-state index in [1.807, 2.05) is 0 Å². The smallest absolute Gasteiger partial charge is 0.316 e. The molecular weight excluding hydrogens is 155 g/mol. The highest BCUT2D eigenvalue weighted by atomic mass is 19.4. The molecule has 4 heteroatoms. The molecule has 1 saturated carbocycles. The number of rotatable bonds is 1. The van der Waals surface area contributed by atoms with E-state index in [4.69, 9.17) is 0 Å². The van der Waals surface area contributed by atoms with E-state index in [1.54, 1.807) is 0 Å². The minimum Gasteiger partial charge on any atom is -0.316 e. The van der Waals surface area contributed by atoms with Crippen molar-refractivity contribution in [1.29, 1.82) is 0 Å². The minimum absolute atomic E-state index is 0.309. The third-order valence-electron chi connectivity index (χ3n) is 2.78. The standard InChI is InChI=1S/C7H10F3N/c8-7(9,10)3-6-1-5(6)2-11-4-6/h5,11H,1-4H2. The first-order valence-corrected chi connectivity index (χ1v) is 3.79. The number of piperidine rings is 1. The van der Waals surface area contributed by atoms with Crippen LogP contribution in [-0.2, 0) is 0 Å². The maximum atomic E-state index is 12.0. The quantitative estimate of drug-likeness (QED) is 0.621. The number of fused-ring (bicyclic) bond motifs is 1. The minimum atomic E-state index is -3.97. The van der Waals surface area contributed by atoms with Gasteiger partial charge in [0.15, 0.2) is 0 Å². The lowest BCUT2D eigenvalue weighted by Gasteiger charge is -2.13. The second-order valence-electron chi connectivity index (χ2n) is 3.69. The van der Waals surface area contributed by atoms with Crippen molar-refractivity contribution in [3.8, 4) is 0 Å². The van der Waals surface area contributed by atoms with Gasteiger partial charge in [-0.2, -0.15) is 13.2 Å². The molecule has 0 amide bonds. The summed E-state index contributed by atoms with van der Waals surface area (Å²) in [6.45, 7) is 1.35. The van der Waals surface area contributed by atoms with Crippen molar-refractivity contribution in [2.75, 3.05) is 13.1 Å². The van der Waals surface area contributed by atoms with Crippen molar-refractivity contribution in [2.45, 2.75) is 19.0 Å². The first-order valence-electron chi connectivity index (χ1n) is 3.79. The molecule has 2 fully saturated rings. The van der Waals surface area contributed by atoms with E-state index in [1.165, 1.54) is 0 Å². The van der Waals surface area contributed by atoms with E-state index in [0.717, 1.165) is 13.0 Å². The average Bonchev–Trinajstić information content (AvgIpc) is 2.30. The second-order valence-corrected chi connectivity index (χ2v) is 3.69. The number of nitrogens with one attached hydrogen (secondary N) is 1. The van der Waals surface area contributed by atoms with Gasteiger partial charge in [-0.25, -0.2) is 0 Å². The van der Waals surface area contributed by atoms with Crippen molar-refractivity contribution in [1.82, 2.24) is 5.32 Å². The van der Waals surface area contributed by atoms with Crippen molar-refractivity contribution in [3.63, 3.8) is 0 Å². The van der Waals surface area contributed by atoms with E-state index in [9.17, 15) is 13.2 Å². The Hall–Kier alpha value is -0.250. The van der Waals surface area contributed by atoms with Crippen molar-refractivity contribution in [3.05, 3.63) is 0 Å². The van der Waals surface area contributed by atoms with Crippen LogP contribution in [0.4, 0.5) is 13.2 Å². The van der Waals surface area contributed by atoms with Crippen LogP contribution >= 0.6 is 0 Å². The van der Waals surface area contributed by atoms with Crippen molar-refractivity contribution in [2.24, 2.45) is 11.3 Å². The van der Waals surface area contributed by atoms with Crippen LogP contribution in [0.1, 0.15) is 12.8 Å². The topological polar surface area (TPSA) is 12.0 Å². The average molecular weight is 165 g/mol. The van der Waals surface area contributed by atoms with E-state index >= 15 is 0 Å². The first kappa shape index (κ1) is 7.40. The third kappa shape index (κ3) is 1.24. The van der Waals surface area contributed by atoms with E-state index in [2.05, 4.69) is 5.32 Å². The van der Waals surface area contributed by atoms with Crippen LogP contribution in [0, 0.1) is 11.3 Å². The molecule has 1 nitrogen and oxygen atoms in total. The van der Waals surface area contributed by atoms with Gasteiger partial charge in [-0.3, -0.25) is 0 Å². The normalized spacial score (nSPS) is 42.3. The fourth-order valence-electron chi connectivity index (χ4n) is 2.11. The molecule has 1 aliphatic carbocycles. The Kier molecular flexibility index (Phi) is 1.29. The number of hydrogen-bond acceptors (Lipinski definition) is 1. The van der Waals surface area contributed by atoms with Crippen LogP contribution < -0.4 is 5.32 Å². The zero-order valence-electron chi connectivity index (χ0n) is 6.04. The van der Waals surface area contributed by atoms with Gasteiger partial charge in [-0.1, -0.05) is 0 Å². The summed E-state index contributed by atoms with van der Waals surface area (Å²) in [5, 5.41) is 2.99. The molecule has 0 radical (unpaired) electrons. The second kappa shape index (κ2) is 1.91. The van der Waals surface area contributed by atoms with Gasteiger partial charge in [0.05, 0.1) is 6.42 Å². The van der Waals surface area contributed by atoms with Gasteiger partial charge in [0.1, 0.15) is 0 Å². The van der Waals surface area contributed by atoms with Crippen LogP contribution in [0.2, 0.25) is 0 Å². The summed E-state index contributed by atoms with van der Waals surface area (Å²) in [6.07, 6.45) is -3.78. The fourth-order valence-corrected chi connectivity index (χ4v) is 2.11. The third-order valence-corrected chi connectivity index (χ3v) is 2.78. The molecule has 2 unspecified atom stereocenters. The van der Waals surface area contributed by atoms with Gasteiger partial charge in [0, 0.05) is 6.54 Å². The molecule has 11 heavy (non-hydrogen) atoms. The van der Waals surface area contributed by atoms with Gasteiger partial charge < -0.3 is 5.32 Å². The van der Waals surface area contributed by atoms with Crippen molar-refractivity contribution < 1.29 is 13.2 Å². The Morgan fingerprint density at radius 1 is 1.45 bits per heavy atom. The molecule has 0 spiro atoms. The lowest BCUT2D eigenvalue weighted by molar-refractivity contribution is -0.147. The summed E-state index contributed by atoms with van der Waals surface area (Å²) in [6, 6.07) is 0. The van der Waals surface area contributed by atoms with Gasteiger partial charge >= 0.3 is 6.18 Å². The summed E-state index contributed by atoms with van der Waals surface area (Å²) in [7, 11) is 0. The lowest BCUT2D eigenvalue weighted by Crippen LogP contribution is -2.22. The largest absolute Gasteiger partial charge is 0.389 e. The molecule has 1 aliphatic heterocycles. The van der Waals surface area contributed by atoms with Gasteiger partial charge in [-0.05, 0) is 24.3 Å². The highest BCUT2D eigenvalue weighted by Crippen LogP contribution is 2.60. The van der Waals surface area contributed by atoms with Gasteiger partial charge in [0.25, 0.3) is 0 Å². The molecule has 0 aromatic rings. The summed E-state index contributed by atoms with van der Waals surface area (Å²) >= 11 is 0. The molecule has 0 aromatic carbocycles. The van der Waals surface area contributed by atoms with Crippen LogP contribution in [-0.4, -0.2) is 19.3 Å². The van der Waals surface area contributed by atoms with Crippen LogP contribution in [0.25, 0.3) is 0 Å². The molecular formula is C7H10F3N. The molecule has 1 saturated heterocycles. The highest BCUT2D eigenvalue weighted by Gasteiger charge is 2.61. The maximum Gasteiger partial charge on any atom is 0.389 e. The van der Waals surface area contributed by atoms with Crippen LogP contribution in [0.5, 0.6) is 0 Å². The SMILES string of the molecule is FC(F)(F)CC12CNCC1C2. The summed E-state index contributed by atoms with van der Waals surface area (Å²) < 4.78 is 35.9. The molecule has 0 bridgehead atoms. The number of hydrogen-bond donors (Lipinski definition) is 1. The zero-order valence-corrected chi connectivity index (χ0v) is 6.04. The molecule has 0 aromatic heterocycles. The number of alkyl halides is 3. The fraction of sp³-hybridized carbons (Fsp3) is 1.00. The van der Waals surface area contributed by atoms with Crippen LogP contribution in [0.15, 0.2) is 0 Å².